The Bertz CT molecular complexity index is 781. The molecular formula is C19H21F2N3O2. The van der Waals surface area contributed by atoms with E-state index in [0.29, 0.717) is 6.61 Å². The number of amides is 1. The summed E-state index contributed by atoms with van der Waals surface area (Å²) in [6.45, 7) is 3.98. The van der Waals surface area contributed by atoms with Gasteiger partial charge in [-0.3, -0.25) is 4.79 Å². The van der Waals surface area contributed by atoms with Crippen molar-refractivity contribution in [3.8, 4) is 5.75 Å². The molecule has 1 aromatic carbocycles. The highest BCUT2D eigenvalue weighted by atomic mass is 19.1. The van der Waals surface area contributed by atoms with Crippen molar-refractivity contribution in [2.75, 3.05) is 12.3 Å². The van der Waals surface area contributed by atoms with Crippen molar-refractivity contribution < 1.29 is 18.3 Å². The first-order valence-corrected chi connectivity index (χ1v) is 8.24. The zero-order chi connectivity index (χ0) is 18.9. The molecule has 2 rings (SSSR count). The van der Waals surface area contributed by atoms with Crippen LogP contribution >= 0.6 is 0 Å². The molecule has 7 heteroatoms. The first kappa shape index (κ1) is 19.4. The Morgan fingerprint density at radius 1 is 1.27 bits per heavy atom. The van der Waals surface area contributed by atoms with Crippen molar-refractivity contribution in [1.82, 2.24) is 10.3 Å². The Morgan fingerprint density at radius 3 is 2.81 bits per heavy atom. The molecule has 0 radical (unpaired) electrons. The van der Waals surface area contributed by atoms with E-state index in [1.807, 2.05) is 6.08 Å². The molecule has 3 N–H and O–H groups in total. The number of aromatic nitrogens is 1. The van der Waals surface area contributed by atoms with E-state index >= 15 is 0 Å². The average Bonchev–Trinajstić information content (AvgIpc) is 2.61. The molecule has 0 unspecified atom stereocenters. The summed E-state index contributed by atoms with van der Waals surface area (Å²) in [6, 6.07) is 7.00. The van der Waals surface area contributed by atoms with Gasteiger partial charge >= 0.3 is 0 Å². The number of halogens is 2. The summed E-state index contributed by atoms with van der Waals surface area (Å²) in [7, 11) is 0. The van der Waals surface area contributed by atoms with Crippen LogP contribution in [0.4, 0.5) is 14.6 Å². The second-order valence-corrected chi connectivity index (χ2v) is 5.61. The second-order valence-electron chi connectivity index (χ2n) is 5.61. The highest BCUT2D eigenvalue weighted by Crippen LogP contribution is 2.21. The number of benzene rings is 1. The molecule has 1 heterocycles. The van der Waals surface area contributed by atoms with Crippen LogP contribution in [0.2, 0.25) is 0 Å². The number of hydrogen-bond acceptors (Lipinski definition) is 4. The molecule has 0 fully saturated rings. The molecule has 1 aromatic heterocycles. The van der Waals surface area contributed by atoms with Gasteiger partial charge in [-0.15, -0.1) is 6.58 Å². The van der Waals surface area contributed by atoms with Crippen LogP contribution in [0.15, 0.2) is 43.0 Å². The maximum atomic E-state index is 14.5. The number of allylic oxidation sites excluding steroid dienone is 1. The van der Waals surface area contributed by atoms with Gasteiger partial charge in [-0.25, -0.2) is 9.37 Å². The van der Waals surface area contributed by atoms with E-state index in [1.165, 1.54) is 12.1 Å². The number of hydrogen-bond donors (Lipinski definition) is 2. The van der Waals surface area contributed by atoms with E-state index in [1.54, 1.807) is 12.1 Å². The van der Waals surface area contributed by atoms with Gasteiger partial charge in [0, 0.05) is 12.1 Å². The van der Waals surface area contributed by atoms with Crippen molar-refractivity contribution in [2.45, 2.75) is 25.8 Å². The Morgan fingerprint density at radius 2 is 2.08 bits per heavy atom. The van der Waals surface area contributed by atoms with Gasteiger partial charge < -0.3 is 15.8 Å². The number of rotatable bonds is 9. The molecule has 0 spiro atoms. The first-order valence-electron chi connectivity index (χ1n) is 8.24. The molecule has 0 aliphatic heterocycles. The zero-order valence-electron chi connectivity index (χ0n) is 14.3. The van der Waals surface area contributed by atoms with E-state index in [9.17, 15) is 13.6 Å². The standard InChI is InChI=1S/C19H21F2N3O2/c1-2-3-4-5-11-26-15-8-6-7-13(17(15)21)12-23-19(25)14-9-10-16(20)24-18(14)22/h2,6-10H,1,3-5,11-12H2,(H2,22,24)(H,23,25). The van der Waals surface area contributed by atoms with Crippen molar-refractivity contribution in [3.63, 3.8) is 0 Å². The molecule has 0 saturated heterocycles. The molecule has 0 saturated carbocycles. The van der Waals surface area contributed by atoms with Gasteiger partial charge in [-0.2, -0.15) is 4.39 Å². The number of carbonyl (C=O) groups is 1. The van der Waals surface area contributed by atoms with Crippen LogP contribution in [0.25, 0.3) is 0 Å². The van der Waals surface area contributed by atoms with Gasteiger partial charge in [0.15, 0.2) is 11.6 Å². The lowest BCUT2D eigenvalue weighted by Gasteiger charge is -2.11. The summed E-state index contributed by atoms with van der Waals surface area (Å²) in [5.41, 5.74) is 5.83. The Hall–Kier alpha value is -2.96. The molecule has 0 bridgehead atoms. The minimum Gasteiger partial charge on any atom is -0.491 e. The van der Waals surface area contributed by atoms with Gasteiger partial charge in [-0.05, 0) is 37.5 Å². The average molecular weight is 361 g/mol. The normalized spacial score (nSPS) is 10.4. The molecule has 0 atom stereocenters. The van der Waals surface area contributed by atoms with Crippen LogP contribution < -0.4 is 15.8 Å². The van der Waals surface area contributed by atoms with Gasteiger partial charge in [0.1, 0.15) is 5.82 Å². The summed E-state index contributed by atoms with van der Waals surface area (Å²) >= 11 is 0. The summed E-state index contributed by atoms with van der Waals surface area (Å²) < 4.78 is 32.8. The third kappa shape index (κ3) is 5.27. The fraction of sp³-hybridized carbons (Fsp3) is 0.263. The molecule has 5 nitrogen and oxygen atoms in total. The van der Waals surface area contributed by atoms with Crippen LogP contribution in [-0.2, 0) is 6.54 Å². The largest absolute Gasteiger partial charge is 0.491 e. The van der Waals surface area contributed by atoms with Crippen LogP contribution in [0.3, 0.4) is 0 Å². The molecule has 138 valence electrons. The van der Waals surface area contributed by atoms with E-state index < -0.39 is 17.7 Å². The lowest BCUT2D eigenvalue weighted by Crippen LogP contribution is -2.25. The fourth-order valence-electron chi connectivity index (χ4n) is 2.29. The minimum atomic E-state index is -0.775. The predicted molar refractivity (Wildman–Crippen MR) is 95.7 cm³/mol. The number of nitrogens with zero attached hydrogens (tertiary/aromatic N) is 1. The second kappa shape index (κ2) is 9.50. The van der Waals surface area contributed by atoms with Gasteiger partial charge in [0.2, 0.25) is 5.95 Å². The Balaban J connectivity index is 1.95. The van der Waals surface area contributed by atoms with E-state index in [-0.39, 0.29) is 29.2 Å². The zero-order valence-corrected chi connectivity index (χ0v) is 14.3. The number of anilines is 1. The smallest absolute Gasteiger partial charge is 0.255 e. The van der Waals surface area contributed by atoms with Crippen LogP contribution in [0.5, 0.6) is 5.75 Å². The van der Waals surface area contributed by atoms with Gasteiger partial charge in [0.05, 0.1) is 12.2 Å². The van der Waals surface area contributed by atoms with E-state index in [2.05, 4.69) is 16.9 Å². The molecule has 0 aliphatic rings. The maximum absolute atomic E-state index is 14.5. The lowest BCUT2D eigenvalue weighted by molar-refractivity contribution is 0.0951. The van der Waals surface area contributed by atoms with E-state index in [4.69, 9.17) is 10.5 Å². The monoisotopic (exact) mass is 361 g/mol. The van der Waals surface area contributed by atoms with Gasteiger partial charge in [-0.1, -0.05) is 18.2 Å². The third-order valence-corrected chi connectivity index (χ3v) is 3.68. The minimum absolute atomic E-state index is 0.0291. The fourth-order valence-corrected chi connectivity index (χ4v) is 2.29. The number of pyridine rings is 1. The molecule has 1 amide bonds. The van der Waals surface area contributed by atoms with Crippen molar-refractivity contribution in [3.05, 3.63) is 65.9 Å². The van der Waals surface area contributed by atoms with E-state index in [0.717, 1.165) is 25.3 Å². The SMILES string of the molecule is C=CCCCCOc1cccc(CNC(=O)c2ccc(F)nc2N)c1F. The number of nitrogen functional groups attached to an aromatic ring is 1. The van der Waals surface area contributed by atoms with Crippen molar-refractivity contribution in [1.29, 1.82) is 0 Å². The van der Waals surface area contributed by atoms with Crippen LogP contribution in [0, 0.1) is 11.8 Å². The van der Waals surface area contributed by atoms with Crippen molar-refractivity contribution >= 4 is 11.7 Å². The van der Waals surface area contributed by atoms with Gasteiger partial charge in [0.25, 0.3) is 5.91 Å². The summed E-state index contributed by atoms with van der Waals surface area (Å²) in [5, 5.41) is 2.54. The Kier molecular flexibility index (Phi) is 7.08. The van der Waals surface area contributed by atoms with Crippen LogP contribution in [-0.4, -0.2) is 17.5 Å². The molecular weight excluding hydrogens is 340 g/mol. The summed E-state index contributed by atoms with van der Waals surface area (Å²) in [6.07, 6.45) is 4.43. The molecule has 26 heavy (non-hydrogen) atoms. The summed E-state index contributed by atoms with van der Waals surface area (Å²) in [4.78, 5) is 15.5. The summed E-state index contributed by atoms with van der Waals surface area (Å²) in [5.74, 6) is -1.95. The predicted octanol–water partition coefficient (Wildman–Crippen LogP) is 3.61. The number of nitrogens with two attached hydrogens (primary N) is 1. The third-order valence-electron chi connectivity index (χ3n) is 3.68. The lowest BCUT2D eigenvalue weighted by atomic mass is 10.2. The number of ether oxygens (including phenoxy) is 1. The van der Waals surface area contributed by atoms with Crippen LogP contribution in [0.1, 0.15) is 35.2 Å². The number of carbonyl (C=O) groups excluding carboxylic acids is 1. The number of nitrogens with one attached hydrogen (secondary N) is 1. The molecule has 0 aliphatic carbocycles. The highest BCUT2D eigenvalue weighted by Gasteiger charge is 2.14. The quantitative estimate of drug-likeness (QED) is 0.406. The topological polar surface area (TPSA) is 77.2 Å². The highest BCUT2D eigenvalue weighted by molar-refractivity contribution is 5.98. The first-order chi connectivity index (χ1) is 12.5. The van der Waals surface area contributed by atoms with Crippen molar-refractivity contribution in [2.24, 2.45) is 0 Å². The Labute approximate surface area is 150 Å². The molecule has 2 aromatic rings. The maximum Gasteiger partial charge on any atom is 0.255 e. The number of unbranched alkanes of at least 4 members (excludes halogenated alkanes) is 2.